The summed E-state index contributed by atoms with van der Waals surface area (Å²) in [5, 5.41) is 6.96. The number of aryl methyl sites for hydroxylation is 1. The van der Waals surface area contributed by atoms with Crippen molar-refractivity contribution in [1.29, 1.82) is 0 Å². The highest BCUT2D eigenvalue weighted by Gasteiger charge is 2.32. The number of aromatic nitrogens is 2. The summed E-state index contributed by atoms with van der Waals surface area (Å²) in [6.07, 6.45) is 2.09. The summed E-state index contributed by atoms with van der Waals surface area (Å²) >= 11 is 0. The highest BCUT2D eigenvalue weighted by atomic mass is 19.4. The lowest BCUT2D eigenvalue weighted by Crippen LogP contribution is -2.37. The van der Waals surface area contributed by atoms with Crippen molar-refractivity contribution in [1.82, 2.24) is 14.9 Å². The van der Waals surface area contributed by atoms with Gasteiger partial charge in [0.25, 0.3) is 5.91 Å². The number of likely N-dealkylation sites (tertiary alicyclic amines) is 1. The molecule has 43 heavy (non-hydrogen) atoms. The van der Waals surface area contributed by atoms with Crippen LogP contribution < -0.4 is 15.5 Å². The second-order valence-corrected chi connectivity index (χ2v) is 11.4. The molecule has 3 aromatic carbocycles. The van der Waals surface area contributed by atoms with Gasteiger partial charge in [0.05, 0.1) is 22.5 Å². The monoisotopic (exact) mass is 588 g/mol. The van der Waals surface area contributed by atoms with Crippen molar-refractivity contribution < 1.29 is 18.0 Å². The fraction of sp³-hybridized carbons (Fsp3) is 0.364. The zero-order chi connectivity index (χ0) is 30.0. The molecule has 2 fully saturated rings. The highest BCUT2D eigenvalue weighted by molar-refractivity contribution is 6.07. The van der Waals surface area contributed by atoms with Crippen LogP contribution in [0.25, 0.3) is 22.0 Å². The molecule has 7 nitrogen and oxygen atoms in total. The molecule has 2 aliphatic heterocycles. The van der Waals surface area contributed by atoms with E-state index in [-0.39, 0.29) is 5.69 Å². The molecule has 3 heterocycles. The molecule has 0 radical (unpaired) electrons. The normalized spacial score (nSPS) is 15.8. The summed E-state index contributed by atoms with van der Waals surface area (Å²) in [4.78, 5) is 27.0. The average molecular weight is 589 g/mol. The zero-order valence-electron chi connectivity index (χ0n) is 24.2. The first-order chi connectivity index (χ1) is 20.7. The van der Waals surface area contributed by atoms with Crippen LogP contribution in [0.3, 0.4) is 0 Å². The van der Waals surface area contributed by atoms with Crippen molar-refractivity contribution in [2.45, 2.75) is 38.8 Å². The van der Waals surface area contributed by atoms with E-state index in [2.05, 4.69) is 25.5 Å². The Labute approximate surface area is 249 Å². The lowest BCUT2D eigenvalue weighted by atomic mass is 9.96. The molecule has 224 valence electrons. The van der Waals surface area contributed by atoms with Gasteiger partial charge in [0.2, 0.25) is 5.95 Å². The molecule has 0 aliphatic carbocycles. The quantitative estimate of drug-likeness (QED) is 0.231. The number of nitrogens with zero attached hydrogens (tertiary/aromatic N) is 4. The molecular weight excluding hydrogens is 553 g/mol. The number of carbonyl (C=O) groups excluding carboxylic acids is 1. The number of carbonyl (C=O) groups is 1. The number of nitrogens with one attached hydrogen (secondary N) is 2. The van der Waals surface area contributed by atoms with Gasteiger partial charge < -0.3 is 20.4 Å². The first-order valence-corrected chi connectivity index (χ1v) is 14.9. The molecule has 1 aromatic heterocycles. The predicted molar refractivity (Wildman–Crippen MR) is 165 cm³/mol. The second kappa shape index (κ2) is 12.2. The number of alkyl halides is 3. The van der Waals surface area contributed by atoms with Gasteiger partial charge in [0, 0.05) is 43.3 Å². The van der Waals surface area contributed by atoms with Crippen molar-refractivity contribution in [3.8, 4) is 11.1 Å². The topological polar surface area (TPSA) is 73.4 Å². The molecular formula is C33H35F3N6O. The molecule has 0 saturated carbocycles. The van der Waals surface area contributed by atoms with Crippen LogP contribution >= 0.6 is 0 Å². The first kappa shape index (κ1) is 28.9. The maximum Gasteiger partial charge on any atom is 0.416 e. The van der Waals surface area contributed by atoms with E-state index in [4.69, 9.17) is 0 Å². The molecule has 0 atom stereocenters. The summed E-state index contributed by atoms with van der Waals surface area (Å²) in [5.41, 5.74) is 3.84. The van der Waals surface area contributed by atoms with Crippen LogP contribution in [-0.4, -0.2) is 60.0 Å². The lowest BCUT2D eigenvalue weighted by molar-refractivity contribution is -0.137. The molecule has 1 amide bonds. The smallest absolute Gasteiger partial charge is 0.370 e. The Morgan fingerprint density at radius 3 is 2.49 bits per heavy atom. The summed E-state index contributed by atoms with van der Waals surface area (Å²) in [5.74, 6) is 0.131. The van der Waals surface area contributed by atoms with Crippen LogP contribution in [0.15, 0.2) is 60.8 Å². The van der Waals surface area contributed by atoms with E-state index in [0.717, 1.165) is 85.4 Å². The van der Waals surface area contributed by atoms with E-state index in [9.17, 15) is 18.0 Å². The van der Waals surface area contributed by atoms with Gasteiger partial charge in [-0.25, -0.2) is 9.97 Å². The van der Waals surface area contributed by atoms with Crippen molar-refractivity contribution in [2.24, 2.45) is 0 Å². The van der Waals surface area contributed by atoms with Gasteiger partial charge >= 0.3 is 6.18 Å². The van der Waals surface area contributed by atoms with Gasteiger partial charge in [-0.15, -0.1) is 0 Å². The lowest BCUT2D eigenvalue weighted by Gasteiger charge is -2.35. The van der Waals surface area contributed by atoms with Crippen LogP contribution in [-0.2, 0) is 6.18 Å². The van der Waals surface area contributed by atoms with E-state index in [1.807, 2.05) is 36.1 Å². The standard InChI is InChI=1S/C33H35F3N6O/c1-22-6-7-24(31(43)39-29-20-26(33(34,35)36)9-11-30(29)42-15-5-16-42)19-27(22)23-8-10-28-25(18-23)21-38-32(40-28)37-12-17-41-13-3-2-4-14-41/h6-11,18-21H,2-5,12-17H2,1H3,(H,39,43)(H,37,38,40). The Morgan fingerprint density at radius 2 is 1.74 bits per heavy atom. The van der Waals surface area contributed by atoms with Crippen molar-refractivity contribution >= 4 is 34.1 Å². The van der Waals surface area contributed by atoms with E-state index in [1.54, 1.807) is 18.3 Å². The van der Waals surface area contributed by atoms with E-state index in [0.29, 0.717) is 17.2 Å². The van der Waals surface area contributed by atoms with Crippen LogP contribution in [0.5, 0.6) is 0 Å². The SMILES string of the molecule is Cc1ccc(C(=O)Nc2cc(C(F)(F)F)ccc2N2CCC2)cc1-c1ccc2nc(NCCN3CCCCC3)ncc2c1. The van der Waals surface area contributed by atoms with Gasteiger partial charge in [-0.2, -0.15) is 13.2 Å². The number of amides is 1. The minimum Gasteiger partial charge on any atom is -0.370 e. The van der Waals surface area contributed by atoms with Gasteiger partial charge in [0.1, 0.15) is 0 Å². The van der Waals surface area contributed by atoms with Crippen molar-refractivity contribution in [2.75, 3.05) is 54.8 Å². The van der Waals surface area contributed by atoms with Gasteiger partial charge in [-0.1, -0.05) is 18.6 Å². The number of anilines is 3. The van der Waals surface area contributed by atoms with E-state index < -0.39 is 17.6 Å². The first-order valence-electron chi connectivity index (χ1n) is 14.9. The van der Waals surface area contributed by atoms with Gasteiger partial charge in [-0.3, -0.25) is 4.79 Å². The second-order valence-electron chi connectivity index (χ2n) is 11.4. The molecule has 0 unspecified atom stereocenters. The van der Waals surface area contributed by atoms with Crippen LogP contribution in [0.2, 0.25) is 0 Å². The van der Waals surface area contributed by atoms with Gasteiger partial charge in [-0.05, 0) is 98.4 Å². The molecule has 4 aromatic rings. The number of piperidine rings is 1. The van der Waals surface area contributed by atoms with E-state index in [1.165, 1.54) is 25.3 Å². The van der Waals surface area contributed by atoms with E-state index >= 15 is 0 Å². The summed E-state index contributed by atoms with van der Waals surface area (Å²) < 4.78 is 40.4. The third-order valence-electron chi connectivity index (χ3n) is 8.32. The maximum absolute atomic E-state index is 13.5. The van der Waals surface area contributed by atoms with Crippen molar-refractivity contribution in [3.05, 3.63) is 77.5 Å². The zero-order valence-corrected chi connectivity index (χ0v) is 24.2. The predicted octanol–water partition coefficient (Wildman–Crippen LogP) is 6.98. The summed E-state index contributed by atoms with van der Waals surface area (Å²) in [6.45, 7) is 7.50. The maximum atomic E-state index is 13.5. The number of hydrogen-bond acceptors (Lipinski definition) is 6. The fourth-order valence-electron chi connectivity index (χ4n) is 5.71. The Morgan fingerprint density at radius 1 is 0.930 bits per heavy atom. The Hall–Kier alpha value is -4.18. The molecule has 2 N–H and O–H groups in total. The molecule has 2 aliphatic rings. The average Bonchev–Trinajstić information content (AvgIpc) is 2.97. The van der Waals surface area contributed by atoms with Crippen LogP contribution in [0.4, 0.5) is 30.5 Å². The summed E-state index contributed by atoms with van der Waals surface area (Å²) in [7, 11) is 0. The molecule has 10 heteroatoms. The number of hydrogen-bond donors (Lipinski definition) is 2. The Kier molecular flexibility index (Phi) is 8.21. The highest BCUT2D eigenvalue weighted by Crippen LogP contribution is 2.37. The van der Waals surface area contributed by atoms with Gasteiger partial charge in [0.15, 0.2) is 0 Å². The molecule has 2 saturated heterocycles. The minimum absolute atomic E-state index is 0.157. The number of halogens is 3. The fourth-order valence-corrected chi connectivity index (χ4v) is 5.71. The third kappa shape index (κ3) is 6.59. The van der Waals surface area contributed by atoms with Crippen LogP contribution in [0.1, 0.15) is 47.2 Å². The largest absolute Gasteiger partial charge is 0.416 e. The molecule has 6 rings (SSSR count). The van der Waals surface area contributed by atoms with Crippen LogP contribution in [0, 0.1) is 6.92 Å². The Balaban J connectivity index is 1.20. The number of rotatable bonds is 8. The van der Waals surface area contributed by atoms with Crippen molar-refractivity contribution in [3.63, 3.8) is 0 Å². The Bertz CT molecular complexity index is 1630. The third-order valence-corrected chi connectivity index (χ3v) is 8.32. The minimum atomic E-state index is -4.51. The molecule has 0 spiro atoms. The number of benzene rings is 3. The number of fused-ring (bicyclic) bond motifs is 1. The summed E-state index contributed by atoms with van der Waals surface area (Å²) in [6, 6.07) is 14.7. The molecule has 0 bridgehead atoms.